The van der Waals surface area contributed by atoms with Gasteiger partial charge in [-0.1, -0.05) is 5.16 Å². The molecule has 2 heterocycles. The predicted molar refractivity (Wildman–Crippen MR) is 104 cm³/mol. The van der Waals surface area contributed by atoms with Crippen molar-refractivity contribution >= 4 is 11.6 Å². The number of anilines is 1. The number of carbonyl (C=O) groups is 1. The van der Waals surface area contributed by atoms with Gasteiger partial charge in [0.1, 0.15) is 0 Å². The topological polar surface area (TPSA) is 80.5 Å². The standard InChI is InChI=1S/C20H28N4O3/c1-26-15-5-12-21-18(25)10-11-19-22-20(23-27-19)16-6-8-17(9-7-16)24-13-3-2-4-14-24/h6-9H,2-5,10-15H2,1H3,(H,21,25). The molecule has 7 nitrogen and oxygen atoms in total. The van der Waals surface area contributed by atoms with Crippen LogP contribution in [-0.4, -0.2) is 49.4 Å². The van der Waals surface area contributed by atoms with Gasteiger partial charge in [0.25, 0.3) is 0 Å². The van der Waals surface area contributed by atoms with E-state index in [4.69, 9.17) is 9.26 Å². The third-order valence-electron chi connectivity index (χ3n) is 4.73. The number of methoxy groups -OCH3 is 1. The number of amides is 1. The predicted octanol–water partition coefficient (Wildman–Crippen LogP) is 2.81. The summed E-state index contributed by atoms with van der Waals surface area (Å²) in [5.41, 5.74) is 2.17. The van der Waals surface area contributed by atoms with Crippen LogP contribution in [0.25, 0.3) is 11.4 Å². The third-order valence-corrected chi connectivity index (χ3v) is 4.73. The monoisotopic (exact) mass is 372 g/mol. The summed E-state index contributed by atoms with van der Waals surface area (Å²) in [5, 5.41) is 6.90. The highest BCUT2D eigenvalue weighted by molar-refractivity contribution is 5.76. The Balaban J connectivity index is 1.49. The minimum atomic E-state index is -0.0169. The summed E-state index contributed by atoms with van der Waals surface area (Å²) >= 11 is 0. The first-order valence-corrected chi connectivity index (χ1v) is 9.70. The van der Waals surface area contributed by atoms with Crippen LogP contribution >= 0.6 is 0 Å². The van der Waals surface area contributed by atoms with E-state index < -0.39 is 0 Å². The maximum atomic E-state index is 11.8. The van der Waals surface area contributed by atoms with Gasteiger partial charge in [0.05, 0.1) is 0 Å². The van der Waals surface area contributed by atoms with Crippen molar-refractivity contribution in [2.24, 2.45) is 0 Å². The average molecular weight is 372 g/mol. The van der Waals surface area contributed by atoms with Crippen molar-refractivity contribution in [2.45, 2.75) is 38.5 Å². The average Bonchev–Trinajstić information content (AvgIpc) is 3.20. The molecule has 0 spiro atoms. The van der Waals surface area contributed by atoms with Crippen LogP contribution in [0, 0.1) is 0 Å². The number of nitrogens with one attached hydrogen (secondary N) is 1. The molecule has 2 aromatic rings. The second-order valence-corrected chi connectivity index (χ2v) is 6.80. The number of aromatic nitrogens is 2. The fourth-order valence-corrected chi connectivity index (χ4v) is 3.20. The molecule has 0 saturated carbocycles. The minimum absolute atomic E-state index is 0.0169. The van der Waals surface area contributed by atoms with Gasteiger partial charge in [0.2, 0.25) is 17.6 Å². The highest BCUT2D eigenvalue weighted by Crippen LogP contribution is 2.23. The number of aryl methyl sites for hydroxylation is 1. The Morgan fingerprint density at radius 1 is 1.22 bits per heavy atom. The number of carbonyl (C=O) groups excluding carboxylic acids is 1. The summed E-state index contributed by atoms with van der Waals surface area (Å²) in [4.78, 5) is 18.6. The summed E-state index contributed by atoms with van der Waals surface area (Å²) in [6.07, 6.45) is 5.43. The molecule has 0 radical (unpaired) electrons. The van der Waals surface area contributed by atoms with Crippen LogP contribution in [0.3, 0.4) is 0 Å². The zero-order valence-corrected chi connectivity index (χ0v) is 15.9. The molecule has 1 fully saturated rings. The van der Waals surface area contributed by atoms with Gasteiger partial charge < -0.3 is 19.5 Å². The van der Waals surface area contributed by atoms with Crippen molar-refractivity contribution in [3.8, 4) is 11.4 Å². The van der Waals surface area contributed by atoms with Gasteiger partial charge in [-0.2, -0.15) is 4.98 Å². The summed E-state index contributed by atoms with van der Waals surface area (Å²) < 4.78 is 10.2. The van der Waals surface area contributed by atoms with Crippen molar-refractivity contribution in [3.63, 3.8) is 0 Å². The molecule has 7 heteroatoms. The quantitative estimate of drug-likeness (QED) is 0.682. The number of piperidine rings is 1. The molecule has 1 aliphatic heterocycles. The Labute approximate surface area is 160 Å². The molecule has 1 N–H and O–H groups in total. The molecule has 1 aliphatic rings. The van der Waals surface area contributed by atoms with E-state index in [9.17, 15) is 4.79 Å². The normalized spacial score (nSPS) is 14.3. The molecule has 0 unspecified atom stereocenters. The van der Waals surface area contributed by atoms with Crippen LogP contribution in [0.15, 0.2) is 28.8 Å². The first kappa shape index (κ1) is 19.4. The van der Waals surface area contributed by atoms with Crippen molar-refractivity contribution in [3.05, 3.63) is 30.2 Å². The van der Waals surface area contributed by atoms with E-state index >= 15 is 0 Å². The van der Waals surface area contributed by atoms with Crippen LogP contribution in [0.1, 0.15) is 38.0 Å². The van der Waals surface area contributed by atoms with Gasteiger partial charge in [-0.25, -0.2) is 0 Å². The zero-order valence-electron chi connectivity index (χ0n) is 15.9. The van der Waals surface area contributed by atoms with E-state index in [1.165, 1.54) is 24.9 Å². The molecule has 146 valence electrons. The van der Waals surface area contributed by atoms with Crippen LogP contribution in [-0.2, 0) is 16.0 Å². The lowest BCUT2D eigenvalue weighted by Crippen LogP contribution is -2.29. The lowest BCUT2D eigenvalue weighted by Gasteiger charge is -2.28. The van der Waals surface area contributed by atoms with Crippen LogP contribution < -0.4 is 10.2 Å². The Bertz CT molecular complexity index is 708. The van der Waals surface area contributed by atoms with Crippen LogP contribution in [0.2, 0.25) is 0 Å². The van der Waals surface area contributed by atoms with E-state index in [1.54, 1.807) is 7.11 Å². The molecular weight excluding hydrogens is 344 g/mol. The Morgan fingerprint density at radius 3 is 2.74 bits per heavy atom. The van der Waals surface area contributed by atoms with Gasteiger partial charge in [-0.15, -0.1) is 0 Å². The summed E-state index contributed by atoms with van der Waals surface area (Å²) in [7, 11) is 1.65. The van der Waals surface area contributed by atoms with Gasteiger partial charge >= 0.3 is 0 Å². The lowest BCUT2D eigenvalue weighted by molar-refractivity contribution is -0.121. The van der Waals surface area contributed by atoms with Gasteiger partial charge in [0, 0.05) is 57.4 Å². The van der Waals surface area contributed by atoms with Crippen LogP contribution in [0.4, 0.5) is 5.69 Å². The van der Waals surface area contributed by atoms with E-state index in [-0.39, 0.29) is 5.91 Å². The lowest BCUT2D eigenvalue weighted by atomic mass is 10.1. The summed E-state index contributed by atoms with van der Waals surface area (Å²) in [5.74, 6) is 1.03. The number of ether oxygens (including phenoxy) is 1. The van der Waals surface area contributed by atoms with E-state index in [0.29, 0.717) is 37.7 Å². The van der Waals surface area contributed by atoms with Gasteiger partial charge in [-0.3, -0.25) is 4.79 Å². The Kier molecular flexibility index (Phi) is 7.21. The molecule has 0 aliphatic carbocycles. The SMILES string of the molecule is COCCCNC(=O)CCc1nc(-c2ccc(N3CCCCC3)cc2)no1. The number of benzene rings is 1. The molecule has 0 bridgehead atoms. The fraction of sp³-hybridized carbons (Fsp3) is 0.550. The highest BCUT2D eigenvalue weighted by atomic mass is 16.5. The fourth-order valence-electron chi connectivity index (χ4n) is 3.20. The molecule has 1 aromatic carbocycles. The van der Waals surface area contributed by atoms with Crippen LogP contribution in [0.5, 0.6) is 0 Å². The number of rotatable bonds is 9. The molecule has 0 atom stereocenters. The Morgan fingerprint density at radius 2 is 2.00 bits per heavy atom. The van der Waals surface area contributed by atoms with Crippen molar-refractivity contribution < 1.29 is 14.1 Å². The zero-order chi connectivity index (χ0) is 18.9. The molecule has 3 rings (SSSR count). The molecule has 1 aromatic heterocycles. The highest BCUT2D eigenvalue weighted by Gasteiger charge is 2.13. The molecule has 27 heavy (non-hydrogen) atoms. The number of nitrogens with zero attached hydrogens (tertiary/aromatic N) is 3. The molecule has 1 saturated heterocycles. The number of hydrogen-bond donors (Lipinski definition) is 1. The first-order chi connectivity index (χ1) is 13.3. The molecular formula is C20H28N4O3. The molecule has 1 amide bonds. The van der Waals surface area contributed by atoms with Crippen molar-refractivity contribution in [1.82, 2.24) is 15.5 Å². The summed E-state index contributed by atoms with van der Waals surface area (Å²) in [6.45, 7) is 3.51. The minimum Gasteiger partial charge on any atom is -0.385 e. The van der Waals surface area contributed by atoms with Gasteiger partial charge in [-0.05, 0) is 49.9 Å². The second-order valence-electron chi connectivity index (χ2n) is 6.80. The summed E-state index contributed by atoms with van der Waals surface area (Å²) in [6, 6.07) is 8.29. The maximum absolute atomic E-state index is 11.8. The van der Waals surface area contributed by atoms with E-state index in [0.717, 1.165) is 25.1 Å². The van der Waals surface area contributed by atoms with E-state index in [1.807, 2.05) is 12.1 Å². The van der Waals surface area contributed by atoms with Crippen molar-refractivity contribution in [1.29, 1.82) is 0 Å². The third kappa shape index (κ3) is 5.79. The Hall–Kier alpha value is -2.41. The second kappa shape index (κ2) is 10.1. The number of hydrogen-bond acceptors (Lipinski definition) is 6. The smallest absolute Gasteiger partial charge is 0.227 e. The first-order valence-electron chi connectivity index (χ1n) is 9.70. The van der Waals surface area contributed by atoms with Gasteiger partial charge in [0.15, 0.2) is 0 Å². The van der Waals surface area contributed by atoms with Crippen molar-refractivity contribution in [2.75, 3.05) is 38.3 Å². The largest absolute Gasteiger partial charge is 0.385 e. The maximum Gasteiger partial charge on any atom is 0.227 e. The van der Waals surface area contributed by atoms with E-state index in [2.05, 4.69) is 32.5 Å².